The van der Waals surface area contributed by atoms with E-state index in [1.54, 1.807) is 19.1 Å². The molecule has 4 heteroatoms. The molecule has 3 saturated carbocycles. The van der Waals surface area contributed by atoms with Crippen LogP contribution in [0.5, 0.6) is 0 Å². The lowest BCUT2D eigenvalue weighted by Crippen LogP contribution is -2.56. The second kappa shape index (κ2) is 9.28. The van der Waals surface area contributed by atoms with Crippen LogP contribution < -0.4 is 0 Å². The summed E-state index contributed by atoms with van der Waals surface area (Å²) in [6.45, 7) is 14.4. The van der Waals surface area contributed by atoms with Crippen molar-refractivity contribution in [2.75, 3.05) is 0 Å². The van der Waals surface area contributed by atoms with Crippen LogP contribution in [-0.4, -0.2) is 22.6 Å². The van der Waals surface area contributed by atoms with Gasteiger partial charge in [-0.25, -0.2) is 4.79 Å². The third-order valence-electron chi connectivity index (χ3n) is 9.18. The summed E-state index contributed by atoms with van der Waals surface area (Å²) in [5, 5.41) is 8.92. The van der Waals surface area contributed by atoms with Gasteiger partial charge in [0.1, 0.15) is 5.78 Å². The Morgan fingerprint density at radius 2 is 1.59 bits per heavy atom. The average molecular weight is 465 g/mol. The van der Waals surface area contributed by atoms with Gasteiger partial charge in [-0.3, -0.25) is 9.59 Å². The average Bonchev–Trinajstić information content (AvgIpc) is 3.02. The molecule has 3 aliphatic rings. The minimum atomic E-state index is -0.923. The number of ketones is 2. The molecule has 0 aromatic heterocycles. The number of carboxylic acids is 1. The predicted octanol–water partition coefficient (Wildman–Crippen LogP) is 6.79. The minimum Gasteiger partial charge on any atom is -0.478 e. The van der Waals surface area contributed by atoms with E-state index in [4.69, 9.17) is 5.11 Å². The van der Waals surface area contributed by atoms with Crippen molar-refractivity contribution in [3.05, 3.63) is 58.7 Å². The molecule has 0 aromatic rings. The number of carbonyl (C=O) groups excluding carboxylic acids is 2. The number of hydrogen-bond acceptors (Lipinski definition) is 3. The van der Waals surface area contributed by atoms with Crippen LogP contribution in [0.1, 0.15) is 80.6 Å². The second-order valence-corrected chi connectivity index (χ2v) is 11.7. The van der Waals surface area contributed by atoms with Crippen molar-refractivity contribution in [2.45, 2.75) is 80.6 Å². The SMILES string of the molecule is C/C(=C/C=C/C(C)=C/C=C/C(C)=C1\C(=O)C[C@@H]2[C@@]3(C)CCC(=O)C(C)(C)[C@@H]3CC[C@@]12C)C(=O)O. The quantitative estimate of drug-likeness (QED) is 0.359. The maximum absolute atomic E-state index is 13.3. The monoisotopic (exact) mass is 464 g/mol. The molecule has 4 atom stereocenters. The van der Waals surface area contributed by atoms with Crippen molar-refractivity contribution in [3.8, 4) is 0 Å². The van der Waals surface area contributed by atoms with Gasteiger partial charge >= 0.3 is 5.97 Å². The number of carboxylic acid groups (broad SMARTS) is 1. The highest BCUT2D eigenvalue weighted by molar-refractivity contribution is 6.01. The summed E-state index contributed by atoms with van der Waals surface area (Å²) >= 11 is 0. The molecular weight excluding hydrogens is 424 g/mol. The van der Waals surface area contributed by atoms with E-state index in [0.29, 0.717) is 24.5 Å². The van der Waals surface area contributed by atoms with Crippen molar-refractivity contribution in [1.29, 1.82) is 0 Å². The Bertz CT molecular complexity index is 1050. The standard InChI is InChI=1S/C30H40O4/c1-19(11-9-13-21(3)27(33)34)10-8-12-20(2)26-22(31)18-24-29(6)17-15-25(32)28(4,5)23(29)14-16-30(24,26)7/h8-13,23-24H,14-18H2,1-7H3,(H,33,34)/b11-9+,12-8+,19-10+,21-13-,26-20+/t23-,24+,29-,30+/m0/s1. The lowest BCUT2D eigenvalue weighted by atomic mass is 9.43. The lowest BCUT2D eigenvalue weighted by molar-refractivity contribution is -0.154. The molecule has 1 N–H and O–H groups in total. The fourth-order valence-electron chi connectivity index (χ4n) is 7.28. The summed E-state index contributed by atoms with van der Waals surface area (Å²) in [5.41, 5.74) is 2.83. The Balaban J connectivity index is 1.86. The van der Waals surface area contributed by atoms with Gasteiger partial charge in [-0.15, -0.1) is 0 Å². The topological polar surface area (TPSA) is 71.4 Å². The van der Waals surface area contributed by atoms with Crippen LogP contribution >= 0.6 is 0 Å². The third kappa shape index (κ3) is 4.44. The maximum atomic E-state index is 13.3. The zero-order valence-corrected chi connectivity index (χ0v) is 21.8. The fourth-order valence-corrected chi connectivity index (χ4v) is 7.28. The van der Waals surface area contributed by atoms with Gasteiger partial charge in [-0.1, -0.05) is 69.7 Å². The van der Waals surface area contributed by atoms with Gasteiger partial charge in [0.05, 0.1) is 0 Å². The summed E-state index contributed by atoms with van der Waals surface area (Å²) in [6.07, 6.45) is 15.2. The molecule has 3 rings (SSSR count). The molecule has 0 unspecified atom stereocenters. The molecule has 34 heavy (non-hydrogen) atoms. The first-order valence-electron chi connectivity index (χ1n) is 12.5. The minimum absolute atomic E-state index is 0.00863. The molecule has 3 aliphatic carbocycles. The highest BCUT2D eigenvalue weighted by Gasteiger charge is 2.64. The number of fused-ring (bicyclic) bond motifs is 3. The Kier molecular flexibility index (Phi) is 7.13. The first kappa shape index (κ1) is 26.1. The molecule has 0 aliphatic heterocycles. The van der Waals surface area contributed by atoms with Gasteiger partial charge in [0.2, 0.25) is 0 Å². The van der Waals surface area contributed by atoms with Crippen molar-refractivity contribution in [3.63, 3.8) is 0 Å². The molecule has 4 nitrogen and oxygen atoms in total. The van der Waals surface area contributed by atoms with E-state index in [0.717, 1.165) is 36.0 Å². The Labute approximate surface area is 204 Å². The molecule has 0 amide bonds. The van der Waals surface area contributed by atoms with E-state index in [-0.39, 0.29) is 33.5 Å². The number of hydrogen-bond donors (Lipinski definition) is 1. The van der Waals surface area contributed by atoms with Crippen LogP contribution in [0.3, 0.4) is 0 Å². The maximum Gasteiger partial charge on any atom is 0.331 e. The molecule has 0 spiro atoms. The molecule has 184 valence electrons. The number of aliphatic carboxylic acids is 1. The van der Waals surface area contributed by atoms with Gasteiger partial charge in [-0.05, 0) is 62.9 Å². The van der Waals surface area contributed by atoms with Crippen LogP contribution in [-0.2, 0) is 14.4 Å². The van der Waals surface area contributed by atoms with E-state index in [2.05, 4.69) is 27.7 Å². The number of Topliss-reactive ketones (excluding diaryl/α,β-unsaturated/α-hetero) is 2. The highest BCUT2D eigenvalue weighted by Crippen LogP contribution is 2.68. The molecule has 0 saturated heterocycles. The van der Waals surface area contributed by atoms with E-state index < -0.39 is 5.97 Å². The van der Waals surface area contributed by atoms with E-state index in [1.165, 1.54) is 0 Å². The fraction of sp³-hybridized carbons (Fsp3) is 0.567. The third-order valence-corrected chi connectivity index (χ3v) is 9.18. The molecule has 0 heterocycles. The zero-order chi connectivity index (χ0) is 25.5. The normalized spacial score (nSPS) is 35.6. The number of carbonyl (C=O) groups is 3. The van der Waals surface area contributed by atoms with Gasteiger partial charge in [0.25, 0.3) is 0 Å². The largest absolute Gasteiger partial charge is 0.478 e. The summed E-state index contributed by atoms with van der Waals surface area (Å²) in [5.74, 6) is 0.330. The highest BCUT2D eigenvalue weighted by atomic mass is 16.4. The predicted molar refractivity (Wildman–Crippen MR) is 136 cm³/mol. The second-order valence-electron chi connectivity index (χ2n) is 11.7. The van der Waals surface area contributed by atoms with Crippen LogP contribution in [0.25, 0.3) is 0 Å². The van der Waals surface area contributed by atoms with E-state index >= 15 is 0 Å². The first-order valence-corrected chi connectivity index (χ1v) is 12.5. The van der Waals surface area contributed by atoms with Crippen molar-refractivity contribution < 1.29 is 19.5 Å². The van der Waals surface area contributed by atoms with Gasteiger partial charge in [-0.2, -0.15) is 0 Å². The van der Waals surface area contributed by atoms with Gasteiger partial charge in [0, 0.05) is 34.8 Å². The van der Waals surface area contributed by atoms with E-state index in [1.807, 2.05) is 38.2 Å². The Morgan fingerprint density at radius 3 is 2.24 bits per heavy atom. The van der Waals surface area contributed by atoms with Crippen LogP contribution in [0, 0.1) is 28.1 Å². The van der Waals surface area contributed by atoms with Crippen LogP contribution in [0.15, 0.2) is 58.7 Å². The zero-order valence-electron chi connectivity index (χ0n) is 21.8. The summed E-state index contributed by atoms with van der Waals surface area (Å²) in [7, 11) is 0. The Morgan fingerprint density at radius 1 is 0.941 bits per heavy atom. The van der Waals surface area contributed by atoms with Crippen molar-refractivity contribution >= 4 is 17.5 Å². The molecule has 0 radical (unpaired) electrons. The molecule has 0 bridgehead atoms. The molecule has 0 aromatic carbocycles. The smallest absolute Gasteiger partial charge is 0.331 e. The Hall–Kier alpha value is -2.49. The summed E-state index contributed by atoms with van der Waals surface area (Å²) in [4.78, 5) is 36.9. The van der Waals surface area contributed by atoms with Gasteiger partial charge < -0.3 is 5.11 Å². The molecule has 3 fully saturated rings. The first-order chi connectivity index (χ1) is 15.7. The lowest BCUT2D eigenvalue weighted by Gasteiger charge is -2.60. The summed E-state index contributed by atoms with van der Waals surface area (Å²) in [6, 6.07) is 0. The van der Waals surface area contributed by atoms with Crippen molar-refractivity contribution in [2.24, 2.45) is 28.1 Å². The van der Waals surface area contributed by atoms with Gasteiger partial charge in [0.15, 0.2) is 5.78 Å². The number of allylic oxidation sites excluding steroid dienone is 9. The number of rotatable bonds is 5. The molecular formula is C30H40O4. The van der Waals surface area contributed by atoms with Crippen molar-refractivity contribution in [1.82, 2.24) is 0 Å². The van der Waals surface area contributed by atoms with E-state index in [9.17, 15) is 14.4 Å². The van der Waals surface area contributed by atoms with Crippen LogP contribution in [0.4, 0.5) is 0 Å². The summed E-state index contributed by atoms with van der Waals surface area (Å²) < 4.78 is 0. The van der Waals surface area contributed by atoms with Crippen LogP contribution in [0.2, 0.25) is 0 Å².